The number of allylic oxidation sites excluding steroid dienone is 1. The van der Waals surface area contributed by atoms with E-state index in [1.54, 1.807) is 5.38 Å². The number of carbonyl (C=O) groups excluding carboxylic acids is 1. The quantitative estimate of drug-likeness (QED) is 0.337. The summed E-state index contributed by atoms with van der Waals surface area (Å²) in [5, 5.41) is 21.2. The van der Waals surface area contributed by atoms with Gasteiger partial charge in [-0.2, -0.15) is 0 Å². The molecule has 30 heavy (non-hydrogen) atoms. The zero-order valence-corrected chi connectivity index (χ0v) is 19.3. The van der Waals surface area contributed by atoms with Crippen molar-refractivity contribution in [2.45, 2.75) is 81.1 Å². The minimum atomic E-state index is -1.01. The highest BCUT2D eigenvalue weighted by atomic mass is 32.2. The summed E-state index contributed by atoms with van der Waals surface area (Å²) in [7, 11) is 0. The minimum absolute atomic E-state index is 0.0242. The lowest BCUT2D eigenvalue weighted by Crippen LogP contribution is -2.24. The molecule has 3 rings (SSSR count). The summed E-state index contributed by atoms with van der Waals surface area (Å²) in [4.78, 5) is 27.4. The Hall–Kier alpha value is -1.18. The maximum absolute atomic E-state index is 12.3. The van der Waals surface area contributed by atoms with Crippen molar-refractivity contribution in [2.75, 3.05) is 5.75 Å². The fourth-order valence-corrected chi connectivity index (χ4v) is 6.54. The molecule has 3 atom stereocenters. The van der Waals surface area contributed by atoms with Crippen molar-refractivity contribution in [3.8, 4) is 0 Å². The molecule has 0 saturated heterocycles. The maximum Gasteiger partial charge on any atom is 0.355 e. The predicted octanol–water partition coefficient (Wildman–Crippen LogP) is 5.59. The first-order chi connectivity index (χ1) is 14.3. The third-order valence-corrected chi connectivity index (χ3v) is 8.57. The molecule has 0 unspecified atom stereocenters. The maximum atomic E-state index is 12.3. The van der Waals surface area contributed by atoms with Gasteiger partial charge in [0.15, 0.2) is 10.0 Å². The molecule has 1 aromatic heterocycles. The van der Waals surface area contributed by atoms with Gasteiger partial charge in [-0.05, 0) is 50.9 Å². The van der Waals surface area contributed by atoms with Crippen molar-refractivity contribution < 1.29 is 19.8 Å². The smallest absolute Gasteiger partial charge is 0.355 e. The average molecular weight is 452 g/mol. The number of aliphatic hydroxyl groups is 1. The lowest BCUT2D eigenvalue weighted by atomic mass is 9.88. The number of rotatable bonds is 11. The van der Waals surface area contributed by atoms with E-state index in [9.17, 15) is 14.7 Å². The molecule has 2 aliphatic carbocycles. The summed E-state index contributed by atoms with van der Waals surface area (Å²) in [5.41, 5.74) is -0.583. The number of carboxylic acid groups (broad SMARTS) is 1. The topological polar surface area (TPSA) is 87.5 Å². The number of ketones is 1. The van der Waals surface area contributed by atoms with Gasteiger partial charge in [-0.25, -0.2) is 9.78 Å². The summed E-state index contributed by atoms with van der Waals surface area (Å²) >= 11 is 2.86. The largest absolute Gasteiger partial charge is 0.476 e. The number of carbonyl (C=O) groups is 2. The average Bonchev–Trinajstić information content (AvgIpc) is 3.44. The van der Waals surface area contributed by atoms with Crippen LogP contribution in [0.2, 0.25) is 0 Å². The van der Waals surface area contributed by atoms with E-state index in [2.05, 4.69) is 17.1 Å². The summed E-state index contributed by atoms with van der Waals surface area (Å²) in [6, 6.07) is 0. The molecule has 2 N–H and O–H groups in total. The number of aromatic carboxylic acids is 1. The standard InChI is InChI=1S/C23H33NO4S2/c1-23(28,13-10-16-5-2-3-6-16)12-4-7-17-8-9-20(25)18(17)11-14-29-22-24-19(15-30-22)21(26)27/h4,7,15-18,28H,2-3,5-6,8-14H2,1H3,(H,26,27)/b7-4+/t17-,18+,23+/m0/s1. The zero-order valence-electron chi connectivity index (χ0n) is 17.7. The number of carboxylic acids is 1. The van der Waals surface area contributed by atoms with Gasteiger partial charge in [-0.15, -0.1) is 11.3 Å². The van der Waals surface area contributed by atoms with Crippen molar-refractivity contribution in [3.05, 3.63) is 23.2 Å². The SMILES string of the molecule is C[C@@](O)(C/C=C/[C@H]1CCC(=O)[C@@H]1CCSc1nc(C(=O)O)cs1)CCC1CCCC1. The molecule has 1 aromatic rings. The second-order valence-corrected chi connectivity index (χ2v) is 11.2. The number of hydrogen-bond acceptors (Lipinski definition) is 6. The van der Waals surface area contributed by atoms with Crippen LogP contribution in [0.1, 0.15) is 81.6 Å². The van der Waals surface area contributed by atoms with Crippen LogP contribution >= 0.6 is 23.1 Å². The van der Waals surface area contributed by atoms with Crippen molar-refractivity contribution in [1.29, 1.82) is 0 Å². The van der Waals surface area contributed by atoms with Crippen LogP contribution in [0.4, 0.5) is 0 Å². The Kier molecular flexibility index (Phi) is 8.54. The first kappa shape index (κ1) is 23.5. The molecule has 7 heteroatoms. The monoisotopic (exact) mass is 451 g/mol. The number of nitrogens with zero attached hydrogens (tertiary/aromatic N) is 1. The minimum Gasteiger partial charge on any atom is -0.476 e. The molecule has 0 amide bonds. The Morgan fingerprint density at radius 2 is 2.10 bits per heavy atom. The van der Waals surface area contributed by atoms with Gasteiger partial charge >= 0.3 is 5.97 Å². The van der Waals surface area contributed by atoms with Crippen LogP contribution in [0.15, 0.2) is 21.9 Å². The van der Waals surface area contributed by atoms with Gasteiger partial charge in [-0.3, -0.25) is 4.79 Å². The normalized spacial score (nSPS) is 24.7. The lowest BCUT2D eigenvalue weighted by Gasteiger charge is -2.23. The fourth-order valence-electron chi connectivity index (χ4n) is 4.65. The molecule has 0 spiro atoms. The number of thioether (sulfide) groups is 1. The van der Waals surface area contributed by atoms with Crippen LogP contribution in [0, 0.1) is 17.8 Å². The molecule has 2 fully saturated rings. The molecular formula is C23H33NO4S2. The summed E-state index contributed by atoms with van der Waals surface area (Å²) < 4.78 is 0.739. The van der Waals surface area contributed by atoms with Crippen LogP contribution in [0.5, 0.6) is 0 Å². The number of thiazole rings is 1. The molecular weight excluding hydrogens is 418 g/mol. The Morgan fingerprint density at radius 3 is 2.80 bits per heavy atom. The summed E-state index contributed by atoms with van der Waals surface area (Å²) in [6.07, 6.45) is 14.4. The fraction of sp³-hybridized carbons (Fsp3) is 0.696. The van der Waals surface area contributed by atoms with Crippen LogP contribution in [0.3, 0.4) is 0 Å². The highest BCUT2D eigenvalue weighted by molar-refractivity contribution is 8.01. The lowest BCUT2D eigenvalue weighted by molar-refractivity contribution is -0.121. The van der Waals surface area contributed by atoms with E-state index in [0.717, 1.165) is 41.7 Å². The van der Waals surface area contributed by atoms with Gasteiger partial charge in [0.1, 0.15) is 5.78 Å². The van der Waals surface area contributed by atoms with Crippen LogP contribution in [0.25, 0.3) is 0 Å². The summed E-state index contributed by atoms with van der Waals surface area (Å²) in [6.45, 7) is 1.93. The molecule has 2 saturated carbocycles. The van der Waals surface area contributed by atoms with Crippen molar-refractivity contribution >= 4 is 34.9 Å². The van der Waals surface area contributed by atoms with Crippen molar-refractivity contribution in [1.82, 2.24) is 4.98 Å². The van der Waals surface area contributed by atoms with E-state index in [-0.39, 0.29) is 17.5 Å². The first-order valence-corrected chi connectivity index (χ1v) is 12.9. The van der Waals surface area contributed by atoms with Gasteiger partial charge in [0.2, 0.25) is 0 Å². The van der Waals surface area contributed by atoms with E-state index in [4.69, 9.17) is 5.11 Å². The van der Waals surface area contributed by atoms with E-state index >= 15 is 0 Å². The molecule has 2 aliphatic rings. The van der Waals surface area contributed by atoms with Crippen LogP contribution in [-0.4, -0.2) is 38.3 Å². The van der Waals surface area contributed by atoms with Gasteiger partial charge in [0.25, 0.3) is 0 Å². The van der Waals surface area contributed by atoms with Crippen molar-refractivity contribution in [2.24, 2.45) is 17.8 Å². The van der Waals surface area contributed by atoms with Crippen LogP contribution < -0.4 is 0 Å². The Morgan fingerprint density at radius 1 is 1.33 bits per heavy atom. The molecule has 0 bridgehead atoms. The molecule has 5 nitrogen and oxygen atoms in total. The Balaban J connectivity index is 1.43. The third-order valence-electron chi connectivity index (χ3n) is 6.52. The van der Waals surface area contributed by atoms with Gasteiger partial charge in [-0.1, -0.05) is 49.6 Å². The van der Waals surface area contributed by atoms with E-state index < -0.39 is 11.6 Å². The number of Topliss-reactive ketones (excluding diaryl/α,β-unsaturated/α-hetero) is 1. The van der Waals surface area contributed by atoms with Crippen LogP contribution in [-0.2, 0) is 4.79 Å². The zero-order chi connectivity index (χ0) is 21.6. The first-order valence-electron chi connectivity index (χ1n) is 11.1. The van der Waals surface area contributed by atoms with Crippen molar-refractivity contribution in [3.63, 3.8) is 0 Å². The van der Waals surface area contributed by atoms with E-state index in [1.165, 1.54) is 48.8 Å². The van der Waals surface area contributed by atoms with Gasteiger partial charge in [0, 0.05) is 23.5 Å². The highest BCUT2D eigenvalue weighted by Gasteiger charge is 2.32. The molecule has 0 aromatic carbocycles. The molecule has 0 radical (unpaired) electrons. The predicted molar refractivity (Wildman–Crippen MR) is 121 cm³/mol. The molecule has 0 aliphatic heterocycles. The number of hydrogen-bond donors (Lipinski definition) is 2. The molecule has 1 heterocycles. The summed E-state index contributed by atoms with van der Waals surface area (Å²) in [5.74, 6) is 1.13. The van der Waals surface area contributed by atoms with Gasteiger partial charge in [0.05, 0.1) is 5.60 Å². The Bertz CT molecular complexity index is 752. The highest BCUT2D eigenvalue weighted by Crippen LogP contribution is 2.36. The Labute approximate surface area is 187 Å². The second-order valence-electron chi connectivity index (χ2n) is 9.03. The van der Waals surface area contributed by atoms with Gasteiger partial charge < -0.3 is 10.2 Å². The third kappa shape index (κ3) is 6.92. The van der Waals surface area contributed by atoms with E-state index in [1.807, 2.05) is 6.92 Å². The number of aromatic nitrogens is 1. The molecule has 166 valence electrons. The van der Waals surface area contributed by atoms with E-state index in [0.29, 0.717) is 18.6 Å². The second kappa shape index (κ2) is 10.9.